The molecule has 0 fully saturated rings. The molecule has 7 heteroatoms. The van der Waals surface area contributed by atoms with Crippen molar-refractivity contribution in [1.82, 2.24) is 15.0 Å². The normalized spacial score (nSPS) is 10.5. The van der Waals surface area contributed by atoms with E-state index >= 15 is 0 Å². The Morgan fingerprint density at radius 1 is 1.14 bits per heavy atom. The standard InChI is InChI=1S/C21H23N5O2/c1-4-26(5-2)18-10-9-16(13-22-18)21(28)24-17-8-6-7-15(12-17)20-23-14(3)11-19(27)25-20/h6-13H,4-5H2,1-3H3,(H,24,28)(H,23,25,27). The summed E-state index contributed by atoms with van der Waals surface area (Å²) in [5.74, 6) is 1.06. The molecular weight excluding hydrogens is 354 g/mol. The summed E-state index contributed by atoms with van der Waals surface area (Å²) in [6.07, 6.45) is 1.58. The number of rotatable bonds is 6. The average molecular weight is 377 g/mol. The molecule has 144 valence electrons. The minimum absolute atomic E-state index is 0.212. The molecule has 0 saturated heterocycles. The van der Waals surface area contributed by atoms with E-state index in [-0.39, 0.29) is 11.5 Å². The first kappa shape index (κ1) is 19.3. The Kier molecular flexibility index (Phi) is 5.84. The molecule has 0 bridgehead atoms. The molecule has 2 aromatic heterocycles. The molecule has 0 saturated carbocycles. The van der Waals surface area contributed by atoms with Crippen LogP contribution >= 0.6 is 0 Å². The van der Waals surface area contributed by atoms with Crippen LogP contribution in [0.3, 0.4) is 0 Å². The first-order chi connectivity index (χ1) is 13.5. The van der Waals surface area contributed by atoms with Gasteiger partial charge in [0.2, 0.25) is 0 Å². The number of H-pyrrole nitrogens is 1. The highest BCUT2D eigenvalue weighted by Gasteiger charge is 2.10. The van der Waals surface area contributed by atoms with Crippen molar-refractivity contribution in [3.05, 3.63) is 70.3 Å². The molecule has 0 aliphatic rings. The number of hydrogen-bond acceptors (Lipinski definition) is 5. The maximum Gasteiger partial charge on any atom is 0.257 e. The van der Waals surface area contributed by atoms with Gasteiger partial charge in [0.1, 0.15) is 11.6 Å². The molecule has 1 amide bonds. The van der Waals surface area contributed by atoms with E-state index in [0.717, 1.165) is 18.9 Å². The van der Waals surface area contributed by atoms with Gasteiger partial charge in [-0.05, 0) is 45.0 Å². The lowest BCUT2D eigenvalue weighted by atomic mass is 10.1. The molecular formula is C21H23N5O2. The van der Waals surface area contributed by atoms with Gasteiger partial charge in [-0.2, -0.15) is 0 Å². The zero-order chi connectivity index (χ0) is 20.1. The monoisotopic (exact) mass is 377 g/mol. The second-order valence-electron chi connectivity index (χ2n) is 6.35. The van der Waals surface area contributed by atoms with Gasteiger partial charge in [0.05, 0.1) is 5.56 Å². The van der Waals surface area contributed by atoms with Crippen LogP contribution in [0.25, 0.3) is 11.4 Å². The van der Waals surface area contributed by atoms with E-state index in [9.17, 15) is 9.59 Å². The third-order valence-electron chi connectivity index (χ3n) is 4.36. The number of amides is 1. The summed E-state index contributed by atoms with van der Waals surface area (Å²) < 4.78 is 0. The van der Waals surface area contributed by atoms with Crippen molar-refractivity contribution >= 4 is 17.4 Å². The minimum Gasteiger partial charge on any atom is -0.357 e. The van der Waals surface area contributed by atoms with Gasteiger partial charge in [-0.3, -0.25) is 9.59 Å². The summed E-state index contributed by atoms with van der Waals surface area (Å²) in [6, 6.07) is 12.2. The molecule has 3 rings (SSSR count). The number of benzene rings is 1. The van der Waals surface area contributed by atoms with Crippen molar-refractivity contribution in [3.63, 3.8) is 0 Å². The van der Waals surface area contributed by atoms with E-state index in [1.54, 1.807) is 37.4 Å². The Bertz CT molecular complexity index is 1020. The fraction of sp³-hybridized carbons (Fsp3) is 0.238. The number of hydrogen-bond donors (Lipinski definition) is 2. The highest BCUT2D eigenvalue weighted by atomic mass is 16.1. The summed E-state index contributed by atoms with van der Waals surface area (Å²) in [7, 11) is 0. The van der Waals surface area contributed by atoms with Crippen LogP contribution in [0.4, 0.5) is 11.5 Å². The van der Waals surface area contributed by atoms with Gasteiger partial charge in [0.25, 0.3) is 11.5 Å². The average Bonchev–Trinajstić information content (AvgIpc) is 2.69. The Labute approximate surface area is 163 Å². The number of carbonyl (C=O) groups excluding carboxylic acids is 1. The quantitative estimate of drug-likeness (QED) is 0.688. The second-order valence-corrected chi connectivity index (χ2v) is 6.35. The van der Waals surface area contributed by atoms with Gasteiger partial charge in [0, 0.05) is 42.3 Å². The fourth-order valence-corrected chi connectivity index (χ4v) is 2.92. The molecule has 0 radical (unpaired) electrons. The maximum atomic E-state index is 12.6. The smallest absolute Gasteiger partial charge is 0.257 e. The molecule has 0 spiro atoms. The molecule has 0 aliphatic carbocycles. The van der Waals surface area contributed by atoms with E-state index in [2.05, 4.69) is 39.0 Å². The van der Waals surface area contributed by atoms with Crippen LogP contribution in [0.2, 0.25) is 0 Å². The zero-order valence-electron chi connectivity index (χ0n) is 16.2. The number of aryl methyl sites for hydroxylation is 1. The SMILES string of the molecule is CCN(CC)c1ccc(C(=O)Nc2cccc(-c3nc(C)cc(=O)[nH]3)c2)cn1. The summed E-state index contributed by atoms with van der Waals surface area (Å²) in [5.41, 5.74) is 2.22. The van der Waals surface area contributed by atoms with Crippen molar-refractivity contribution < 1.29 is 4.79 Å². The Morgan fingerprint density at radius 2 is 1.93 bits per heavy atom. The number of aromatic amines is 1. The van der Waals surface area contributed by atoms with Crippen molar-refractivity contribution in [1.29, 1.82) is 0 Å². The van der Waals surface area contributed by atoms with E-state index in [4.69, 9.17) is 0 Å². The highest BCUT2D eigenvalue weighted by Crippen LogP contribution is 2.20. The third-order valence-corrected chi connectivity index (χ3v) is 4.36. The second kappa shape index (κ2) is 8.47. The Hall–Kier alpha value is -3.48. The molecule has 0 aliphatic heterocycles. The number of nitrogens with one attached hydrogen (secondary N) is 2. The molecule has 2 N–H and O–H groups in total. The van der Waals surface area contributed by atoms with Gasteiger partial charge < -0.3 is 15.2 Å². The molecule has 3 aromatic rings. The van der Waals surface area contributed by atoms with Gasteiger partial charge in [-0.1, -0.05) is 12.1 Å². The van der Waals surface area contributed by atoms with Crippen molar-refractivity contribution in [2.75, 3.05) is 23.3 Å². The van der Waals surface area contributed by atoms with Crippen LogP contribution < -0.4 is 15.8 Å². The van der Waals surface area contributed by atoms with Crippen LogP contribution in [0.15, 0.2) is 53.5 Å². The predicted octanol–water partition coefficient (Wildman–Crippen LogP) is 3.24. The molecule has 2 heterocycles. The summed E-state index contributed by atoms with van der Waals surface area (Å²) in [6.45, 7) is 7.61. The number of pyridine rings is 1. The lowest BCUT2D eigenvalue weighted by molar-refractivity contribution is 0.102. The van der Waals surface area contributed by atoms with Gasteiger partial charge in [0.15, 0.2) is 0 Å². The van der Waals surface area contributed by atoms with E-state index in [0.29, 0.717) is 28.3 Å². The lowest BCUT2D eigenvalue weighted by Crippen LogP contribution is -2.23. The maximum absolute atomic E-state index is 12.6. The van der Waals surface area contributed by atoms with Gasteiger partial charge in [-0.25, -0.2) is 9.97 Å². The zero-order valence-corrected chi connectivity index (χ0v) is 16.2. The largest absolute Gasteiger partial charge is 0.357 e. The summed E-state index contributed by atoms with van der Waals surface area (Å²) in [5, 5.41) is 2.86. The van der Waals surface area contributed by atoms with Crippen molar-refractivity contribution in [2.24, 2.45) is 0 Å². The van der Waals surface area contributed by atoms with Crippen LogP contribution in [0, 0.1) is 6.92 Å². The summed E-state index contributed by atoms with van der Waals surface area (Å²) >= 11 is 0. The number of nitrogens with zero attached hydrogens (tertiary/aromatic N) is 3. The van der Waals surface area contributed by atoms with E-state index in [1.165, 1.54) is 6.07 Å². The minimum atomic E-state index is -0.249. The predicted molar refractivity (Wildman–Crippen MR) is 111 cm³/mol. The molecule has 28 heavy (non-hydrogen) atoms. The van der Waals surface area contributed by atoms with Gasteiger partial charge >= 0.3 is 0 Å². The molecule has 0 unspecified atom stereocenters. The number of anilines is 2. The van der Waals surface area contributed by atoms with Crippen molar-refractivity contribution in [2.45, 2.75) is 20.8 Å². The fourth-order valence-electron chi connectivity index (χ4n) is 2.92. The third kappa shape index (κ3) is 4.43. The Morgan fingerprint density at radius 3 is 2.57 bits per heavy atom. The van der Waals surface area contributed by atoms with Crippen LogP contribution in [0.5, 0.6) is 0 Å². The highest BCUT2D eigenvalue weighted by molar-refractivity contribution is 6.04. The first-order valence-corrected chi connectivity index (χ1v) is 9.21. The first-order valence-electron chi connectivity index (χ1n) is 9.21. The van der Waals surface area contributed by atoms with Crippen LogP contribution in [-0.4, -0.2) is 33.9 Å². The molecule has 0 atom stereocenters. The van der Waals surface area contributed by atoms with Crippen LogP contribution in [0.1, 0.15) is 29.9 Å². The van der Waals surface area contributed by atoms with E-state index in [1.807, 2.05) is 12.1 Å². The topological polar surface area (TPSA) is 91.0 Å². The number of carbonyl (C=O) groups is 1. The molecule has 7 nitrogen and oxygen atoms in total. The van der Waals surface area contributed by atoms with Crippen molar-refractivity contribution in [3.8, 4) is 11.4 Å². The lowest BCUT2D eigenvalue weighted by Gasteiger charge is -2.19. The number of aromatic nitrogens is 3. The van der Waals surface area contributed by atoms with E-state index < -0.39 is 0 Å². The Balaban J connectivity index is 1.78. The van der Waals surface area contributed by atoms with Gasteiger partial charge in [-0.15, -0.1) is 0 Å². The summed E-state index contributed by atoms with van der Waals surface area (Å²) in [4.78, 5) is 37.8. The van der Waals surface area contributed by atoms with Crippen LogP contribution in [-0.2, 0) is 0 Å². The molecule has 1 aromatic carbocycles.